The number of rotatable bonds is 4. The fourth-order valence-corrected chi connectivity index (χ4v) is 4.67. The average molecular weight is 237 g/mol. The third kappa shape index (κ3) is 2.26. The minimum atomic E-state index is 0.211. The molecule has 4 aliphatic rings. The smallest absolute Gasteiger partial charge is 0.0691 e. The summed E-state index contributed by atoms with van der Waals surface area (Å²) in [5.74, 6) is 3.44. The van der Waals surface area contributed by atoms with E-state index in [0.29, 0.717) is 5.92 Å². The van der Waals surface area contributed by atoms with Crippen LogP contribution in [0, 0.1) is 23.7 Å². The SMILES string of the molecule is CC(C)C(N)COC12CC3CC(CC(C3)C1)C2. The highest BCUT2D eigenvalue weighted by atomic mass is 16.5. The van der Waals surface area contributed by atoms with Crippen molar-refractivity contribution in [1.29, 1.82) is 0 Å². The Morgan fingerprint density at radius 1 is 1.06 bits per heavy atom. The molecule has 4 bridgehead atoms. The van der Waals surface area contributed by atoms with Crippen molar-refractivity contribution in [1.82, 2.24) is 0 Å². The van der Waals surface area contributed by atoms with Crippen LogP contribution >= 0.6 is 0 Å². The highest BCUT2D eigenvalue weighted by molar-refractivity contribution is 5.03. The topological polar surface area (TPSA) is 35.2 Å². The second-order valence-corrected chi connectivity index (χ2v) is 7.32. The Morgan fingerprint density at radius 2 is 1.53 bits per heavy atom. The Hall–Kier alpha value is -0.0800. The minimum Gasteiger partial charge on any atom is -0.373 e. The van der Waals surface area contributed by atoms with E-state index in [9.17, 15) is 0 Å². The zero-order valence-corrected chi connectivity index (χ0v) is 11.3. The van der Waals surface area contributed by atoms with Crippen LogP contribution in [-0.4, -0.2) is 18.2 Å². The third-order valence-corrected chi connectivity index (χ3v) is 5.42. The Kier molecular flexibility index (Phi) is 2.99. The van der Waals surface area contributed by atoms with Crippen molar-refractivity contribution < 1.29 is 4.74 Å². The fourth-order valence-electron chi connectivity index (χ4n) is 4.67. The van der Waals surface area contributed by atoms with E-state index in [-0.39, 0.29) is 11.6 Å². The van der Waals surface area contributed by atoms with Crippen molar-refractivity contribution in [2.75, 3.05) is 6.61 Å². The molecule has 0 aliphatic heterocycles. The van der Waals surface area contributed by atoms with Gasteiger partial charge in [0.25, 0.3) is 0 Å². The minimum absolute atomic E-state index is 0.211. The van der Waals surface area contributed by atoms with E-state index in [1.807, 2.05) is 0 Å². The van der Waals surface area contributed by atoms with E-state index in [1.54, 1.807) is 0 Å². The normalized spacial score (nSPS) is 45.5. The number of ether oxygens (including phenoxy) is 1. The van der Waals surface area contributed by atoms with Gasteiger partial charge < -0.3 is 10.5 Å². The maximum absolute atomic E-state index is 6.34. The molecule has 0 aromatic carbocycles. The third-order valence-electron chi connectivity index (χ3n) is 5.42. The van der Waals surface area contributed by atoms with Crippen LogP contribution in [0.25, 0.3) is 0 Å². The van der Waals surface area contributed by atoms with Crippen LogP contribution in [0.3, 0.4) is 0 Å². The summed E-state index contributed by atoms with van der Waals surface area (Å²) in [5.41, 5.74) is 6.36. The van der Waals surface area contributed by atoms with Crippen molar-refractivity contribution in [2.45, 2.75) is 64.0 Å². The van der Waals surface area contributed by atoms with Gasteiger partial charge in [0.15, 0.2) is 0 Å². The first kappa shape index (κ1) is 12.0. The standard InChI is InChI=1S/C15H27NO/c1-10(2)14(16)9-17-15-6-11-3-12(7-15)5-13(4-11)8-15/h10-14H,3-9,16H2,1-2H3. The Balaban J connectivity index is 1.62. The maximum atomic E-state index is 6.34. The summed E-state index contributed by atoms with van der Waals surface area (Å²) < 4.78 is 6.34. The fraction of sp³-hybridized carbons (Fsp3) is 1.00. The zero-order chi connectivity index (χ0) is 12.0. The highest BCUT2D eigenvalue weighted by Crippen LogP contribution is 2.57. The molecule has 4 saturated carbocycles. The quantitative estimate of drug-likeness (QED) is 0.816. The van der Waals surface area contributed by atoms with Crippen LogP contribution in [0.1, 0.15) is 52.4 Å². The van der Waals surface area contributed by atoms with E-state index >= 15 is 0 Å². The van der Waals surface area contributed by atoms with Crippen molar-refractivity contribution in [3.63, 3.8) is 0 Å². The van der Waals surface area contributed by atoms with Gasteiger partial charge in [-0.25, -0.2) is 0 Å². The lowest BCUT2D eigenvalue weighted by molar-refractivity contribution is -0.165. The lowest BCUT2D eigenvalue weighted by Crippen LogP contribution is -2.53. The van der Waals surface area contributed by atoms with Crippen LogP contribution in [0.4, 0.5) is 0 Å². The number of nitrogens with two attached hydrogens (primary N) is 1. The summed E-state index contributed by atoms with van der Waals surface area (Å²) in [5, 5.41) is 0. The molecule has 0 spiro atoms. The van der Waals surface area contributed by atoms with Gasteiger partial charge in [-0.1, -0.05) is 13.8 Å². The second-order valence-electron chi connectivity index (χ2n) is 7.32. The van der Waals surface area contributed by atoms with Gasteiger partial charge in [0.05, 0.1) is 12.2 Å². The van der Waals surface area contributed by atoms with E-state index in [0.717, 1.165) is 24.4 Å². The van der Waals surface area contributed by atoms with Gasteiger partial charge in [-0.2, -0.15) is 0 Å². The molecular weight excluding hydrogens is 210 g/mol. The molecule has 4 fully saturated rings. The lowest BCUT2D eigenvalue weighted by atomic mass is 9.54. The van der Waals surface area contributed by atoms with Crippen molar-refractivity contribution >= 4 is 0 Å². The first-order valence-electron chi connectivity index (χ1n) is 7.46. The molecule has 0 saturated heterocycles. The molecule has 1 unspecified atom stereocenters. The van der Waals surface area contributed by atoms with Crippen molar-refractivity contribution in [2.24, 2.45) is 29.4 Å². The molecule has 2 N–H and O–H groups in total. The maximum Gasteiger partial charge on any atom is 0.0691 e. The molecular formula is C15H27NO. The van der Waals surface area contributed by atoms with E-state index in [1.165, 1.54) is 38.5 Å². The molecule has 0 radical (unpaired) electrons. The monoisotopic (exact) mass is 237 g/mol. The molecule has 0 amide bonds. The predicted octanol–water partition coefficient (Wildman–Crippen LogP) is 2.96. The molecule has 0 aromatic rings. The van der Waals surface area contributed by atoms with Crippen LogP contribution < -0.4 is 5.73 Å². The molecule has 17 heavy (non-hydrogen) atoms. The van der Waals surface area contributed by atoms with E-state index in [4.69, 9.17) is 10.5 Å². The summed E-state index contributed by atoms with van der Waals surface area (Å²) in [6.07, 6.45) is 8.42. The van der Waals surface area contributed by atoms with Crippen molar-refractivity contribution in [3.8, 4) is 0 Å². The Morgan fingerprint density at radius 3 is 1.94 bits per heavy atom. The molecule has 1 atom stereocenters. The van der Waals surface area contributed by atoms with Crippen molar-refractivity contribution in [3.05, 3.63) is 0 Å². The number of hydrogen-bond donors (Lipinski definition) is 1. The highest BCUT2D eigenvalue weighted by Gasteiger charge is 2.51. The molecule has 4 rings (SSSR count). The molecule has 2 nitrogen and oxygen atoms in total. The van der Waals surface area contributed by atoms with Gasteiger partial charge >= 0.3 is 0 Å². The van der Waals surface area contributed by atoms with Gasteiger partial charge in [-0.05, 0) is 62.2 Å². The average Bonchev–Trinajstić information content (AvgIpc) is 2.24. The summed E-state index contributed by atoms with van der Waals surface area (Å²) in [7, 11) is 0. The van der Waals surface area contributed by atoms with Crippen LogP contribution in [0.15, 0.2) is 0 Å². The molecule has 0 aromatic heterocycles. The second kappa shape index (κ2) is 4.24. The van der Waals surface area contributed by atoms with Gasteiger partial charge in [-0.3, -0.25) is 0 Å². The van der Waals surface area contributed by atoms with Gasteiger partial charge in [0.1, 0.15) is 0 Å². The summed E-state index contributed by atoms with van der Waals surface area (Å²) >= 11 is 0. The summed E-state index contributed by atoms with van der Waals surface area (Å²) in [6.45, 7) is 5.14. The van der Waals surface area contributed by atoms with Crippen LogP contribution in [-0.2, 0) is 4.74 Å². The van der Waals surface area contributed by atoms with Gasteiger partial charge in [0.2, 0.25) is 0 Å². The molecule has 2 heteroatoms. The predicted molar refractivity (Wildman–Crippen MR) is 69.7 cm³/mol. The molecule has 98 valence electrons. The largest absolute Gasteiger partial charge is 0.373 e. The molecule has 0 heterocycles. The molecule has 4 aliphatic carbocycles. The van der Waals surface area contributed by atoms with Crippen LogP contribution in [0.5, 0.6) is 0 Å². The first-order valence-corrected chi connectivity index (χ1v) is 7.46. The van der Waals surface area contributed by atoms with Gasteiger partial charge in [-0.15, -0.1) is 0 Å². The Bertz CT molecular complexity index is 251. The Labute approximate surface area is 105 Å². The summed E-state index contributed by atoms with van der Waals surface area (Å²) in [6, 6.07) is 0.211. The lowest BCUT2D eigenvalue weighted by Gasteiger charge is -2.56. The zero-order valence-electron chi connectivity index (χ0n) is 11.3. The van der Waals surface area contributed by atoms with Gasteiger partial charge in [0, 0.05) is 6.04 Å². The summed E-state index contributed by atoms with van der Waals surface area (Å²) in [4.78, 5) is 0. The van der Waals surface area contributed by atoms with E-state index < -0.39 is 0 Å². The first-order chi connectivity index (χ1) is 8.06. The number of hydrogen-bond acceptors (Lipinski definition) is 2. The van der Waals surface area contributed by atoms with Crippen LogP contribution in [0.2, 0.25) is 0 Å². The van der Waals surface area contributed by atoms with E-state index in [2.05, 4.69) is 13.8 Å².